The van der Waals surface area contributed by atoms with E-state index in [1.165, 1.54) is 45.0 Å². The summed E-state index contributed by atoms with van der Waals surface area (Å²) in [4.78, 5) is 12.6. The molecule has 2 nitrogen and oxygen atoms in total. The van der Waals surface area contributed by atoms with Crippen molar-refractivity contribution in [1.29, 1.82) is 0 Å². The molecule has 2 aliphatic rings. The molecular weight excluding hydrogens is 469 g/mol. The monoisotopic (exact) mass is 509 g/mol. The van der Waals surface area contributed by atoms with Gasteiger partial charge in [-0.2, -0.15) is 0 Å². The Bertz CT molecular complexity index is 1340. The van der Waals surface area contributed by atoms with Crippen LogP contribution in [0, 0.1) is 17.7 Å². The summed E-state index contributed by atoms with van der Waals surface area (Å²) in [6.07, 6.45) is 7.96. The predicted octanol–water partition coefficient (Wildman–Crippen LogP) is 8.33. The molecule has 3 heteroatoms. The second kappa shape index (κ2) is 11.7. The van der Waals surface area contributed by atoms with E-state index in [2.05, 4.69) is 60.8 Å². The fraction of sp³-hybridized carbons (Fsp3) is 0.400. The summed E-state index contributed by atoms with van der Waals surface area (Å²) in [5, 5.41) is 3.32. The first-order chi connectivity index (χ1) is 18.4. The number of aryl methyl sites for hydroxylation is 2. The van der Waals surface area contributed by atoms with Crippen LogP contribution < -0.4 is 5.32 Å². The molecule has 0 spiro atoms. The first-order valence-corrected chi connectivity index (χ1v) is 14.4. The van der Waals surface area contributed by atoms with E-state index in [0.29, 0.717) is 5.92 Å². The van der Waals surface area contributed by atoms with E-state index in [4.69, 9.17) is 0 Å². The van der Waals surface area contributed by atoms with Crippen LogP contribution in [0.2, 0.25) is 0 Å². The van der Waals surface area contributed by atoms with E-state index in [1.54, 1.807) is 6.07 Å². The van der Waals surface area contributed by atoms with E-state index < -0.39 is 0 Å². The summed E-state index contributed by atoms with van der Waals surface area (Å²) in [7, 11) is 0. The standard InChI is InChI=1S/C35H40FNO/c1-4-24-7-5-9-28(18-24)29-14-13-27-12-11-26(17-25-8-6-10-31(36)20-25)19-30-15-16-32(37-35(38)23(2)3)22-34(30)33(27)21-29/h5-10,13-14,18,20-21,23,26,32H,4,11-12,15-17,19,22H2,1-3H3,(H,37,38). The highest BCUT2D eigenvalue weighted by Crippen LogP contribution is 2.42. The minimum absolute atomic E-state index is 0.0110. The maximum Gasteiger partial charge on any atom is 0.222 e. The van der Waals surface area contributed by atoms with Crippen molar-refractivity contribution in [3.05, 3.63) is 100 Å². The van der Waals surface area contributed by atoms with Gasteiger partial charge >= 0.3 is 0 Å². The van der Waals surface area contributed by atoms with Gasteiger partial charge in [0.2, 0.25) is 5.91 Å². The molecule has 0 bridgehead atoms. The lowest BCUT2D eigenvalue weighted by Crippen LogP contribution is -2.39. The summed E-state index contributed by atoms with van der Waals surface area (Å²) < 4.78 is 13.9. The Morgan fingerprint density at radius 2 is 1.71 bits per heavy atom. The zero-order valence-electron chi connectivity index (χ0n) is 23.0. The van der Waals surface area contributed by atoms with Crippen LogP contribution in [0.3, 0.4) is 0 Å². The van der Waals surface area contributed by atoms with Gasteiger partial charge < -0.3 is 5.32 Å². The van der Waals surface area contributed by atoms with E-state index in [1.807, 2.05) is 19.9 Å². The molecule has 2 atom stereocenters. The van der Waals surface area contributed by atoms with Gasteiger partial charge in [0, 0.05) is 12.0 Å². The van der Waals surface area contributed by atoms with Gasteiger partial charge in [-0.15, -0.1) is 0 Å². The molecule has 1 N–H and O–H groups in total. The molecule has 0 heterocycles. The Kier molecular flexibility index (Phi) is 8.12. The molecule has 0 fully saturated rings. The van der Waals surface area contributed by atoms with Crippen molar-refractivity contribution in [3.63, 3.8) is 0 Å². The number of allylic oxidation sites excluding steroid dienone is 1. The molecule has 0 radical (unpaired) electrons. The van der Waals surface area contributed by atoms with Crippen LogP contribution in [0.5, 0.6) is 0 Å². The minimum atomic E-state index is -0.153. The largest absolute Gasteiger partial charge is 0.353 e. The highest BCUT2D eigenvalue weighted by Gasteiger charge is 2.29. The molecule has 3 aromatic rings. The smallest absolute Gasteiger partial charge is 0.222 e. The van der Waals surface area contributed by atoms with Gasteiger partial charge in [0.15, 0.2) is 0 Å². The Balaban J connectivity index is 1.51. The number of rotatable bonds is 6. The first-order valence-electron chi connectivity index (χ1n) is 14.4. The summed E-state index contributed by atoms with van der Waals surface area (Å²) in [6.45, 7) is 6.12. The number of hydrogen-bond acceptors (Lipinski definition) is 1. The lowest BCUT2D eigenvalue weighted by molar-refractivity contribution is -0.124. The normalized spacial score (nSPS) is 19.4. The van der Waals surface area contributed by atoms with Gasteiger partial charge in [-0.1, -0.05) is 74.9 Å². The maximum absolute atomic E-state index is 13.9. The van der Waals surface area contributed by atoms with Crippen LogP contribution in [0.25, 0.3) is 16.7 Å². The molecule has 0 aromatic heterocycles. The summed E-state index contributed by atoms with van der Waals surface area (Å²) in [5.74, 6) is 0.458. The summed E-state index contributed by atoms with van der Waals surface area (Å²) in [6, 6.07) is 23.1. The Labute approximate surface area is 227 Å². The third-order valence-electron chi connectivity index (χ3n) is 8.42. The van der Waals surface area contributed by atoms with Crippen LogP contribution in [0.4, 0.5) is 4.39 Å². The number of carbonyl (C=O) groups is 1. The van der Waals surface area contributed by atoms with Crippen molar-refractivity contribution in [3.8, 4) is 11.1 Å². The average molecular weight is 510 g/mol. The van der Waals surface area contributed by atoms with Gasteiger partial charge in [-0.25, -0.2) is 4.39 Å². The molecule has 0 saturated carbocycles. The van der Waals surface area contributed by atoms with Crippen molar-refractivity contribution >= 4 is 11.5 Å². The molecule has 0 saturated heterocycles. The van der Waals surface area contributed by atoms with Gasteiger partial charge in [-0.05, 0) is 114 Å². The van der Waals surface area contributed by atoms with E-state index in [-0.39, 0.29) is 23.7 Å². The van der Waals surface area contributed by atoms with Crippen molar-refractivity contribution in [2.24, 2.45) is 11.8 Å². The average Bonchev–Trinajstić information content (AvgIpc) is 2.91. The first kappa shape index (κ1) is 26.4. The Morgan fingerprint density at radius 1 is 0.921 bits per heavy atom. The van der Waals surface area contributed by atoms with Crippen molar-refractivity contribution in [2.45, 2.75) is 78.2 Å². The predicted molar refractivity (Wildman–Crippen MR) is 155 cm³/mol. The van der Waals surface area contributed by atoms with Crippen molar-refractivity contribution < 1.29 is 9.18 Å². The van der Waals surface area contributed by atoms with Crippen LogP contribution in [0.15, 0.2) is 72.3 Å². The van der Waals surface area contributed by atoms with E-state index >= 15 is 0 Å². The van der Waals surface area contributed by atoms with Crippen LogP contribution in [-0.2, 0) is 24.1 Å². The van der Waals surface area contributed by atoms with Gasteiger partial charge in [0.25, 0.3) is 0 Å². The second-order valence-corrected chi connectivity index (χ2v) is 11.6. The maximum atomic E-state index is 13.9. The molecule has 1 amide bonds. The number of carbonyl (C=O) groups excluding carboxylic acids is 1. The fourth-order valence-corrected chi connectivity index (χ4v) is 6.22. The zero-order valence-corrected chi connectivity index (χ0v) is 23.0. The Morgan fingerprint density at radius 3 is 2.50 bits per heavy atom. The van der Waals surface area contributed by atoms with Gasteiger partial charge in [-0.3, -0.25) is 4.79 Å². The van der Waals surface area contributed by atoms with Crippen LogP contribution in [0.1, 0.15) is 75.1 Å². The van der Waals surface area contributed by atoms with Gasteiger partial charge in [0.1, 0.15) is 5.82 Å². The lowest BCUT2D eigenvalue weighted by atomic mass is 9.74. The molecular formula is C35H40FNO. The molecule has 5 rings (SSSR count). The van der Waals surface area contributed by atoms with Gasteiger partial charge in [0.05, 0.1) is 0 Å². The number of fused-ring (bicyclic) bond motifs is 2. The molecule has 2 aliphatic carbocycles. The van der Waals surface area contributed by atoms with E-state index in [9.17, 15) is 9.18 Å². The second-order valence-electron chi connectivity index (χ2n) is 11.6. The topological polar surface area (TPSA) is 29.1 Å². The summed E-state index contributed by atoms with van der Waals surface area (Å²) >= 11 is 0. The third kappa shape index (κ3) is 6.09. The SMILES string of the molecule is CCc1cccc(-c2ccc3c(c2)C2=C(CCC(NC(=O)C(C)C)C2)CC(Cc2cccc(F)c2)CC3)c1. The highest BCUT2D eigenvalue weighted by atomic mass is 19.1. The highest BCUT2D eigenvalue weighted by molar-refractivity contribution is 5.80. The third-order valence-corrected chi connectivity index (χ3v) is 8.42. The van der Waals surface area contributed by atoms with E-state index in [0.717, 1.165) is 56.9 Å². The molecule has 2 unspecified atom stereocenters. The number of halogens is 1. The number of nitrogens with one attached hydrogen (secondary N) is 1. The Hall–Kier alpha value is -3.20. The summed E-state index contributed by atoms with van der Waals surface area (Å²) in [5.41, 5.74) is 10.7. The fourth-order valence-electron chi connectivity index (χ4n) is 6.22. The molecule has 3 aromatic carbocycles. The van der Waals surface area contributed by atoms with Crippen molar-refractivity contribution in [2.75, 3.05) is 0 Å². The van der Waals surface area contributed by atoms with Crippen LogP contribution in [-0.4, -0.2) is 11.9 Å². The number of amides is 1. The molecule has 0 aliphatic heterocycles. The quantitative estimate of drug-likeness (QED) is 0.356. The van der Waals surface area contributed by atoms with Crippen molar-refractivity contribution in [1.82, 2.24) is 5.32 Å². The minimum Gasteiger partial charge on any atom is -0.353 e. The lowest BCUT2D eigenvalue weighted by Gasteiger charge is -2.33. The molecule has 198 valence electrons. The van der Waals surface area contributed by atoms with Crippen LogP contribution >= 0.6 is 0 Å². The zero-order chi connectivity index (χ0) is 26.6. The molecule has 38 heavy (non-hydrogen) atoms. The number of benzene rings is 3. The number of hydrogen-bond donors (Lipinski definition) is 1.